The lowest BCUT2D eigenvalue weighted by atomic mass is 10.1. The van der Waals surface area contributed by atoms with Gasteiger partial charge in [0.25, 0.3) is 5.91 Å². The first-order valence-electron chi connectivity index (χ1n) is 11.1. The van der Waals surface area contributed by atoms with Crippen molar-refractivity contribution in [3.8, 4) is 11.5 Å². The molecular formula is C24H30N6O3. The molecule has 3 heterocycles. The zero-order valence-electron chi connectivity index (χ0n) is 19.5. The number of fused-ring (bicyclic) bond motifs is 1. The zero-order chi connectivity index (χ0) is 23.4. The Hall–Kier alpha value is -3.46. The standard InChI is InChI=1S/C24H30N6O3/c1-16-20(32-3)8-7-19(22(16)33-4)15-29-11-9-21-27-28-23(30(21)13-12-29)17(2)26-24(31)18-6-5-10-25-14-18/h5-8,10,14,17H,9,11-13,15H2,1-4H3,(H,26,31)/t17-/m1/s1. The van der Waals surface area contributed by atoms with Gasteiger partial charge in [-0.3, -0.25) is 14.7 Å². The molecule has 1 atom stereocenters. The molecule has 4 rings (SSSR count). The number of nitrogens with zero attached hydrogens (tertiary/aromatic N) is 5. The van der Waals surface area contributed by atoms with Gasteiger partial charge in [-0.25, -0.2) is 0 Å². The van der Waals surface area contributed by atoms with E-state index in [1.807, 2.05) is 19.9 Å². The van der Waals surface area contributed by atoms with Crippen LogP contribution in [0.3, 0.4) is 0 Å². The maximum absolute atomic E-state index is 12.5. The van der Waals surface area contributed by atoms with Crippen LogP contribution < -0.4 is 14.8 Å². The second kappa shape index (κ2) is 9.99. The van der Waals surface area contributed by atoms with E-state index in [1.165, 1.54) is 0 Å². The summed E-state index contributed by atoms with van der Waals surface area (Å²) in [7, 11) is 3.37. The fourth-order valence-electron chi connectivity index (χ4n) is 4.31. The van der Waals surface area contributed by atoms with Gasteiger partial charge in [0.15, 0.2) is 5.82 Å². The Labute approximate surface area is 193 Å². The van der Waals surface area contributed by atoms with Gasteiger partial charge < -0.3 is 19.4 Å². The van der Waals surface area contributed by atoms with Crippen LogP contribution in [0.25, 0.3) is 0 Å². The number of benzene rings is 1. The summed E-state index contributed by atoms with van der Waals surface area (Å²) in [6.07, 6.45) is 3.99. The molecule has 0 saturated heterocycles. The van der Waals surface area contributed by atoms with Gasteiger partial charge in [0, 0.05) is 56.1 Å². The summed E-state index contributed by atoms with van der Waals surface area (Å²) < 4.78 is 13.2. The van der Waals surface area contributed by atoms with E-state index in [0.29, 0.717) is 5.56 Å². The van der Waals surface area contributed by atoms with Crippen molar-refractivity contribution < 1.29 is 14.3 Å². The minimum Gasteiger partial charge on any atom is -0.496 e. The summed E-state index contributed by atoms with van der Waals surface area (Å²) in [6, 6.07) is 7.28. The highest BCUT2D eigenvalue weighted by atomic mass is 16.5. The molecule has 9 nitrogen and oxygen atoms in total. The Bertz CT molecular complexity index is 1110. The molecule has 1 amide bonds. The SMILES string of the molecule is COc1ccc(CN2CCc3nnc([C@@H](C)NC(=O)c4cccnc4)n3CC2)c(OC)c1C. The Morgan fingerprint density at radius 1 is 1.15 bits per heavy atom. The third-order valence-electron chi connectivity index (χ3n) is 6.06. The van der Waals surface area contributed by atoms with Crippen LogP contribution in [0.15, 0.2) is 36.7 Å². The number of hydrogen-bond acceptors (Lipinski definition) is 7. The largest absolute Gasteiger partial charge is 0.496 e. The zero-order valence-corrected chi connectivity index (χ0v) is 19.5. The molecular weight excluding hydrogens is 420 g/mol. The van der Waals surface area contributed by atoms with E-state index >= 15 is 0 Å². The number of rotatable bonds is 7. The first-order valence-corrected chi connectivity index (χ1v) is 11.1. The minimum atomic E-state index is -0.269. The van der Waals surface area contributed by atoms with Crippen molar-refractivity contribution in [2.24, 2.45) is 0 Å². The molecule has 1 aliphatic heterocycles. The average molecular weight is 451 g/mol. The average Bonchev–Trinajstić information content (AvgIpc) is 3.14. The van der Waals surface area contributed by atoms with Crippen LogP contribution in [0.1, 0.15) is 46.1 Å². The number of aromatic nitrogens is 4. The van der Waals surface area contributed by atoms with Gasteiger partial charge in [0.1, 0.15) is 17.3 Å². The molecule has 0 bridgehead atoms. The number of hydrogen-bond donors (Lipinski definition) is 1. The molecule has 0 spiro atoms. The molecule has 0 saturated carbocycles. The van der Waals surface area contributed by atoms with Gasteiger partial charge in [-0.2, -0.15) is 0 Å². The smallest absolute Gasteiger partial charge is 0.253 e. The summed E-state index contributed by atoms with van der Waals surface area (Å²) in [4.78, 5) is 18.9. The van der Waals surface area contributed by atoms with Crippen molar-refractivity contribution in [3.63, 3.8) is 0 Å². The Morgan fingerprint density at radius 3 is 2.73 bits per heavy atom. The predicted molar refractivity (Wildman–Crippen MR) is 123 cm³/mol. The molecule has 33 heavy (non-hydrogen) atoms. The number of pyridine rings is 1. The minimum absolute atomic E-state index is 0.176. The number of amides is 1. The van der Waals surface area contributed by atoms with Crippen molar-refractivity contribution in [1.29, 1.82) is 0 Å². The predicted octanol–water partition coefficient (Wildman–Crippen LogP) is 2.55. The first kappa shape index (κ1) is 22.7. The Morgan fingerprint density at radius 2 is 2.00 bits per heavy atom. The number of ether oxygens (including phenoxy) is 2. The molecule has 174 valence electrons. The van der Waals surface area contributed by atoms with Crippen LogP contribution in [-0.4, -0.2) is 57.9 Å². The summed E-state index contributed by atoms with van der Waals surface area (Å²) in [5.41, 5.74) is 2.66. The van der Waals surface area contributed by atoms with E-state index in [1.54, 1.807) is 38.7 Å². The van der Waals surface area contributed by atoms with Gasteiger partial charge >= 0.3 is 0 Å². The summed E-state index contributed by atoms with van der Waals surface area (Å²) >= 11 is 0. The fraction of sp³-hybridized carbons (Fsp3) is 0.417. The van der Waals surface area contributed by atoms with Crippen molar-refractivity contribution in [2.75, 3.05) is 27.3 Å². The number of nitrogens with one attached hydrogen (secondary N) is 1. The van der Waals surface area contributed by atoms with Crippen molar-refractivity contribution >= 4 is 5.91 Å². The van der Waals surface area contributed by atoms with Crippen LogP contribution in [-0.2, 0) is 19.5 Å². The Balaban J connectivity index is 1.44. The normalized spacial score (nSPS) is 14.8. The lowest BCUT2D eigenvalue weighted by Gasteiger charge is -2.22. The first-order chi connectivity index (χ1) is 16.0. The summed E-state index contributed by atoms with van der Waals surface area (Å²) in [5.74, 6) is 3.22. The van der Waals surface area contributed by atoms with Gasteiger partial charge in [0.05, 0.1) is 25.8 Å². The van der Waals surface area contributed by atoms with Crippen LogP contribution in [0.5, 0.6) is 11.5 Å². The summed E-state index contributed by atoms with van der Waals surface area (Å²) in [5, 5.41) is 11.8. The molecule has 0 unspecified atom stereocenters. The van der Waals surface area contributed by atoms with E-state index in [-0.39, 0.29) is 11.9 Å². The molecule has 0 fully saturated rings. The highest BCUT2D eigenvalue weighted by Gasteiger charge is 2.24. The van der Waals surface area contributed by atoms with Crippen molar-refractivity contribution in [3.05, 3.63) is 65.0 Å². The topological polar surface area (TPSA) is 94.4 Å². The van der Waals surface area contributed by atoms with Crippen LogP contribution >= 0.6 is 0 Å². The number of methoxy groups -OCH3 is 2. The molecule has 1 aliphatic rings. The van der Waals surface area contributed by atoms with E-state index in [9.17, 15) is 4.79 Å². The molecule has 3 aromatic rings. The second-order valence-electron chi connectivity index (χ2n) is 8.17. The number of carbonyl (C=O) groups excluding carboxylic acids is 1. The van der Waals surface area contributed by atoms with E-state index in [2.05, 4.69) is 36.0 Å². The Kier molecular flexibility index (Phi) is 6.88. The van der Waals surface area contributed by atoms with E-state index < -0.39 is 0 Å². The van der Waals surface area contributed by atoms with Gasteiger partial charge in [-0.1, -0.05) is 6.07 Å². The molecule has 1 aromatic carbocycles. The maximum atomic E-state index is 12.5. The maximum Gasteiger partial charge on any atom is 0.253 e. The van der Waals surface area contributed by atoms with Crippen LogP contribution in [0.4, 0.5) is 0 Å². The third-order valence-corrected chi connectivity index (χ3v) is 6.06. The van der Waals surface area contributed by atoms with Gasteiger partial charge in [0.2, 0.25) is 0 Å². The van der Waals surface area contributed by atoms with Gasteiger partial charge in [-0.15, -0.1) is 10.2 Å². The fourth-order valence-corrected chi connectivity index (χ4v) is 4.31. The monoisotopic (exact) mass is 450 g/mol. The second-order valence-corrected chi connectivity index (χ2v) is 8.17. The molecule has 2 aromatic heterocycles. The lowest BCUT2D eigenvalue weighted by Crippen LogP contribution is -2.30. The molecule has 1 N–H and O–H groups in total. The molecule has 0 radical (unpaired) electrons. The quantitative estimate of drug-likeness (QED) is 0.591. The van der Waals surface area contributed by atoms with Gasteiger partial charge in [-0.05, 0) is 32.0 Å². The highest BCUT2D eigenvalue weighted by molar-refractivity contribution is 5.94. The van der Waals surface area contributed by atoms with Crippen molar-refractivity contribution in [2.45, 2.75) is 39.4 Å². The van der Waals surface area contributed by atoms with Crippen LogP contribution in [0, 0.1) is 6.92 Å². The van der Waals surface area contributed by atoms with Crippen LogP contribution in [0.2, 0.25) is 0 Å². The number of carbonyl (C=O) groups is 1. The molecule has 0 aliphatic carbocycles. The van der Waals surface area contributed by atoms with E-state index in [4.69, 9.17) is 9.47 Å². The highest BCUT2D eigenvalue weighted by Crippen LogP contribution is 2.32. The lowest BCUT2D eigenvalue weighted by molar-refractivity contribution is 0.0937. The van der Waals surface area contributed by atoms with E-state index in [0.717, 1.165) is 66.9 Å². The molecule has 9 heteroatoms. The van der Waals surface area contributed by atoms with Crippen molar-refractivity contribution in [1.82, 2.24) is 30.0 Å². The summed E-state index contributed by atoms with van der Waals surface area (Å²) in [6.45, 7) is 7.17. The third kappa shape index (κ3) is 4.83.